The first-order valence-corrected chi connectivity index (χ1v) is 9.54. The highest BCUT2D eigenvalue weighted by Crippen LogP contribution is 2.34. The van der Waals surface area contributed by atoms with Crippen LogP contribution in [0.4, 0.5) is 0 Å². The molecule has 0 saturated carbocycles. The van der Waals surface area contributed by atoms with Crippen LogP contribution in [0, 0.1) is 0 Å². The monoisotopic (exact) mass is 468 g/mol. The van der Waals surface area contributed by atoms with Gasteiger partial charge in [0.15, 0.2) is 0 Å². The summed E-state index contributed by atoms with van der Waals surface area (Å²) in [4.78, 5) is 19.0. The van der Waals surface area contributed by atoms with Gasteiger partial charge in [-0.05, 0) is 62.5 Å². The number of rotatable bonds is 4. The van der Waals surface area contributed by atoms with Crippen LogP contribution in [-0.2, 0) is 0 Å². The van der Waals surface area contributed by atoms with E-state index in [2.05, 4.69) is 41.9 Å². The van der Waals surface area contributed by atoms with E-state index in [0.29, 0.717) is 4.88 Å². The summed E-state index contributed by atoms with van der Waals surface area (Å²) in [5, 5.41) is 4.11. The Morgan fingerprint density at radius 2 is 2.00 bits per heavy atom. The van der Waals surface area contributed by atoms with Gasteiger partial charge < -0.3 is 4.90 Å². The topological polar surface area (TPSA) is 51.0 Å². The second-order valence-corrected chi connectivity index (χ2v) is 8.48. The molecular formula is C16H14Br2N4OS. The summed E-state index contributed by atoms with van der Waals surface area (Å²) in [5.41, 5.74) is 1.99. The van der Waals surface area contributed by atoms with Gasteiger partial charge in [-0.1, -0.05) is 12.1 Å². The highest BCUT2D eigenvalue weighted by atomic mass is 79.9. The molecule has 1 aromatic carbocycles. The van der Waals surface area contributed by atoms with E-state index in [0.717, 1.165) is 19.5 Å². The zero-order valence-corrected chi connectivity index (χ0v) is 17.0. The minimum absolute atomic E-state index is 0.000692. The molecule has 0 aliphatic heterocycles. The number of nitrogens with zero attached hydrogens (tertiary/aromatic N) is 4. The lowest BCUT2D eigenvalue weighted by atomic mass is 10.1. The SMILES string of the molecule is CC(c1ccc(-n2cncn2)cc1)N(C)C(=O)c1cc(Br)c(Br)s1. The Kier molecular flexibility index (Phi) is 5.17. The van der Waals surface area contributed by atoms with E-state index < -0.39 is 0 Å². The Bertz CT molecular complexity index is 826. The normalized spacial score (nSPS) is 12.2. The third-order valence-electron chi connectivity index (χ3n) is 3.82. The van der Waals surface area contributed by atoms with Crippen molar-refractivity contribution in [3.05, 3.63) is 61.7 Å². The number of thiophene rings is 1. The minimum Gasteiger partial charge on any atom is -0.334 e. The predicted octanol–water partition coefficient (Wildman–Crippen LogP) is 4.69. The number of hydrogen-bond donors (Lipinski definition) is 0. The molecule has 0 saturated heterocycles. The van der Waals surface area contributed by atoms with E-state index >= 15 is 0 Å². The third-order valence-corrected chi connectivity index (χ3v) is 7.06. The van der Waals surface area contributed by atoms with Crippen molar-refractivity contribution in [3.8, 4) is 5.69 Å². The fourth-order valence-corrected chi connectivity index (χ4v) is 4.29. The molecule has 3 aromatic rings. The molecular weight excluding hydrogens is 456 g/mol. The second kappa shape index (κ2) is 7.16. The van der Waals surface area contributed by atoms with Crippen molar-refractivity contribution in [1.29, 1.82) is 0 Å². The lowest BCUT2D eigenvalue weighted by Gasteiger charge is -2.25. The van der Waals surface area contributed by atoms with Gasteiger partial charge in [-0.2, -0.15) is 5.10 Å². The van der Waals surface area contributed by atoms with E-state index in [1.165, 1.54) is 17.7 Å². The molecule has 24 heavy (non-hydrogen) atoms. The van der Waals surface area contributed by atoms with Crippen LogP contribution in [0.3, 0.4) is 0 Å². The van der Waals surface area contributed by atoms with Crippen molar-refractivity contribution < 1.29 is 4.79 Å². The van der Waals surface area contributed by atoms with Gasteiger partial charge in [0.05, 0.1) is 20.4 Å². The van der Waals surface area contributed by atoms with Gasteiger partial charge in [-0.3, -0.25) is 4.79 Å². The molecule has 0 radical (unpaired) electrons. The third kappa shape index (κ3) is 3.45. The molecule has 124 valence electrons. The first kappa shape index (κ1) is 17.3. The maximum atomic E-state index is 12.7. The molecule has 5 nitrogen and oxygen atoms in total. The molecule has 1 amide bonds. The fraction of sp³-hybridized carbons (Fsp3) is 0.188. The van der Waals surface area contributed by atoms with E-state index in [-0.39, 0.29) is 11.9 Å². The zero-order valence-electron chi connectivity index (χ0n) is 13.0. The Morgan fingerprint density at radius 1 is 1.29 bits per heavy atom. The summed E-state index contributed by atoms with van der Waals surface area (Å²) in [6, 6.07) is 9.75. The average molecular weight is 470 g/mol. The molecule has 0 fully saturated rings. The molecule has 2 heterocycles. The first-order valence-electron chi connectivity index (χ1n) is 7.14. The van der Waals surface area contributed by atoms with Crippen LogP contribution in [0.1, 0.15) is 28.2 Å². The van der Waals surface area contributed by atoms with Gasteiger partial charge >= 0.3 is 0 Å². The number of halogens is 2. The quantitative estimate of drug-likeness (QED) is 0.557. The van der Waals surface area contributed by atoms with Gasteiger partial charge in [0.1, 0.15) is 12.7 Å². The van der Waals surface area contributed by atoms with Gasteiger partial charge in [0.2, 0.25) is 0 Å². The highest BCUT2D eigenvalue weighted by Gasteiger charge is 2.21. The standard InChI is InChI=1S/C16H14Br2N4OS/c1-10(21(2)16(23)14-7-13(17)15(18)24-14)11-3-5-12(6-4-11)22-9-19-8-20-22/h3-10H,1-2H3. The predicted molar refractivity (Wildman–Crippen MR) is 102 cm³/mol. The van der Waals surface area contributed by atoms with Crippen LogP contribution >= 0.6 is 43.2 Å². The fourth-order valence-electron chi connectivity index (χ4n) is 2.27. The van der Waals surface area contributed by atoms with Gasteiger partial charge in [0, 0.05) is 11.5 Å². The molecule has 8 heteroatoms. The average Bonchev–Trinajstić information content (AvgIpc) is 3.24. The molecule has 0 aliphatic rings. The van der Waals surface area contributed by atoms with Crippen molar-refractivity contribution >= 4 is 49.1 Å². The number of aromatic nitrogens is 3. The molecule has 0 N–H and O–H groups in total. The molecule has 0 spiro atoms. The van der Waals surface area contributed by atoms with Crippen LogP contribution in [0.25, 0.3) is 5.69 Å². The number of carbonyl (C=O) groups excluding carboxylic acids is 1. The lowest BCUT2D eigenvalue weighted by molar-refractivity contribution is 0.0747. The van der Waals surface area contributed by atoms with Crippen molar-refractivity contribution in [1.82, 2.24) is 19.7 Å². The Labute approximate surface area is 160 Å². The van der Waals surface area contributed by atoms with Crippen LogP contribution in [0.15, 0.2) is 51.2 Å². The smallest absolute Gasteiger partial charge is 0.264 e. The second-order valence-electron chi connectivity index (χ2n) is 5.26. The zero-order chi connectivity index (χ0) is 17.3. The molecule has 2 aromatic heterocycles. The van der Waals surface area contributed by atoms with Gasteiger partial charge in [0.25, 0.3) is 5.91 Å². The first-order chi connectivity index (χ1) is 11.5. The number of benzene rings is 1. The molecule has 0 bridgehead atoms. The summed E-state index contributed by atoms with van der Waals surface area (Å²) in [6.45, 7) is 2.01. The molecule has 0 aliphatic carbocycles. The van der Waals surface area contributed by atoms with E-state index in [9.17, 15) is 4.79 Å². The number of hydrogen-bond acceptors (Lipinski definition) is 4. The van der Waals surface area contributed by atoms with Crippen molar-refractivity contribution in [2.24, 2.45) is 0 Å². The van der Waals surface area contributed by atoms with E-state index in [4.69, 9.17) is 0 Å². The van der Waals surface area contributed by atoms with Crippen LogP contribution < -0.4 is 0 Å². The summed E-state index contributed by atoms with van der Waals surface area (Å²) >= 11 is 8.28. The van der Waals surface area contributed by atoms with Gasteiger partial charge in [-0.25, -0.2) is 9.67 Å². The van der Waals surface area contributed by atoms with Crippen LogP contribution in [0.5, 0.6) is 0 Å². The summed E-state index contributed by atoms with van der Waals surface area (Å²) in [6.07, 6.45) is 3.15. The van der Waals surface area contributed by atoms with E-state index in [1.54, 1.807) is 15.9 Å². The largest absolute Gasteiger partial charge is 0.334 e. The molecule has 3 rings (SSSR count). The summed E-state index contributed by atoms with van der Waals surface area (Å²) in [7, 11) is 1.82. The number of carbonyl (C=O) groups is 1. The van der Waals surface area contributed by atoms with E-state index in [1.807, 2.05) is 44.3 Å². The van der Waals surface area contributed by atoms with Crippen LogP contribution in [-0.4, -0.2) is 32.6 Å². The lowest BCUT2D eigenvalue weighted by Crippen LogP contribution is -2.29. The summed E-state index contributed by atoms with van der Waals surface area (Å²) < 4.78 is 3.52. The summed E-state index contributed by atoms with van der Waals surface area (Å²) in [5.74, 6) is -0.000692. The Morgan fingerprint density at radius 3 is 2.54 bits per heavy atom. The molecule has 1 atom stereocenters. The van der Waals surface area contributed by atoms with Crippen LogP contribution in [0.2, 0.25) is 0 Å². The Hall–Kier alpha value is -1.51. The molecule has 1 unspecified atom stereocenters. The van der Waals surface area contributed by atoms with Crippen molar-refractivity contribution in [2.45, 2.75) is 13.0 Å². The Balaban J connectivity index is 1.77. The highest BCUT2D eigenvalue weighted by molar-refractivity contribution is 9.13. The van der Waals surface area contributed by atoms with Crippen molar-refractivity contribution in [2.75, 3.05) is 7.05 Å². The number of amides is 1. The maximum absolute atomic E-state index is 12.7. The van der Waals surface area contributed by atoms with Crippen molar-refractivity contribution in [3.63, 3.8) is 0 Å². The maximum Gasteiger partial charge on any atom is 0.264 e. The minimum atomic E-state index is -0.0399. The van der Waals surface area contributed by atoms with Gasteiger partial charge in [-0.15, -0.1) is 11.3 Å².